The molecular formula is C3H4N2OS. The molecule has 0 amide bonds. The maximum atomic E-state index is 8.54. The van der Waals surface area contributed by atoms with E-state index in [9.17, 15) is 0 Å². The van der Waals surface area contributed by atoms with Crippen molar-refractivity contribution >= 4 is 12.2 Å². The van der Waals surface area contributed by atoms with Crippen molar-refractivity contribution in [2.75, 3.05) is 0 Å². The molecule has 1 rings (SSSR count). The molecular weight excluding hydrogens is 112 g/mol. The number of hydrogen-bond donors (Lipinski definition) is 2. The first-order chi connectivity index (χ1) is 3.30. The van der Waals surface area contributed by atoms with Crippen LogP contribution in [0.1, 0.15) is 0 Å². The molecule has 4 heteroatoms. The molecule has 1 heterocycles. The number of imidazole rings is 1. The van der Waals surface area contributed by atoms with Crippen molar-refractivity contribution in [3.63, 3.8) is 0 Å². The van der Waals surface area contributed by atoms with Crippen molar-refractivity contribution in [1.82, 2.24) is 9.71 Å². The first-order valence-corrected chi connectivity index (χ1v) is 2.17. The van der Waals surface area contributed by atoms with E-state index in [1.54, 1.807) is 6.20 Å². The highest BCUT2D eigenvalue weighted by molar-refractivity contribution is 7.71. The molecule has 0 saturated carbocycles. The highest BCUT2D eigenvalue weighted by Crippen LogP contribution is 1.80. The van der Waals surface area contributed by atoms with Gasteiger partial charge < -0.3 is 10.2 Å². The Balaban J connectivity index is 3.39. The smallest absolute Gasteiger partial charge is 0.211 e. The lowest BCUT2D eigenvalue weighted by atomic mass is 11.0. The Bertz CT molecular complexity index is 201. The van der Waals surface area contributed by atoms with E-state index in [0.29, 0.717) is 4.77 Å². The van der Waals surface area contributed by atoms with Crippen LogP contribution in [0.4, 0.5) is 0 Å². The number of H-pyrrole nitrogens is 1. The highest BCUT2D eigenvalue weighted by Gasteiger charge is 1.79. The van der Waals surface area contributed by atoms with Crippen LogP contribution in [0.25, 0.3) is 0 Å². The van der Waals surface area contributed by atoms with E-state index in [4.69, 9.17) is 5.21 Å². The third kappa shape index (κ3) is 0.640. The molecule has 1 aromatic rings. The van der Waals surface area contributed by atoms with Gasteiger partial charge in [0.2, 0.25) is 4.77 Å². The van der Waals surface area contributed by atoms with Crippen LogP contribution in [0.5, 0.6) is 0 Å². The summed E-state index contributed by atoms with van der Waals surface area (Å²) in [5.74, 6) is 0. The minimum absolute atomic E-state index is 0.319. The van der Waals surface area contributed by atoms with Gasteiger partial charge in [-0.1, -0.05) is 0 Å². The van der Waals surface area contributed by atoms with Gasteiger partial charge in [-0.05, 0) is 12.2 Å². The van der Waals surface area contributed by atoms with Crippen LogP contribution in [0.2, 0.25) is 0 Å². The largest absolute Gasteiger partial charge is 0.426 e. The molecule has 7 heavy (non-hydrogen) atoms. The topological polar surface area (TPSA) is 41.0 Å². The summed E-state index contributed by atoms with van der Waals surface area (Å²) in [5, 5.41) is 8.54. The van der Waals surface area contributed by atoms with Crippen molar-refractivity contribution in [3.05, 3.63) is 17.2 Å². The maximum Gasteiger partial charge on any atom is 0.211 e. The standard InChI is InChI=1S/C3H4N2OS/c6-5-2-1-4-3(5)7/h1-2,6H,(H,4,7). The van der Waals surface area contributed by atoms with E-state index >= 15 is 0 Å². The zero-order valence-corrected chi connectivity index (χ0v) is 4.27. The van der Waals surface area contributed by atoms with Crippen LogP contribution >= 0.6 is 12.2 Å². The fourth-order valence-corrected chi connectivity index (χ4v) is 0.442. The average molecular weight is 116 g/mol. The normalized spacial score (nSPS) is 9.14. The summed E-state index contributed by atoms with van der Waals surface area (Å²) >= 11 is 4.54. The molecule has 0 spiro atoms. The molecule has 0 bridgehead atoms. The highest BCUT2D eigenvalue weighted by atomic mass is 32.1. The lowest BCUT2D eigenvalue weighted by molar-refractivity contribution is 0.181. The van der Waals surface area contributed by atoms with Gasteiger partial charge in [-0.2, -0.15) is 4.73 Å². The third-order valence-electron chi connectivity index (χ3n) is 0.631. The predicted molar refractivity (Wildman–Crippen MR) is 26.8 cm³/mol. The zero-order chi connectivity index (χ0) is 5.28. The van der Waals surface area contributed by atoms with Gasteiger partial charge in [0.1, 0.15) is 0 Å². The van der Waals surface area contributed by atoms with Crippen LogP contribution in [0.3, 0.4) is 0 Å². The number of aromatic amines is 1. The molecule has 0 aromatic carbocycles. The molecule has 38 valence electrons. The van der Waals surface area contributed by atoms with Gasteiger partial charge in [0.05, 0.1) is 6.20 Å². The van der Waals surface area contributed by atoms with Crippen LogP contribution in [-0.4, -0.2) is 14.9 Å². The molecule has 0 atom stereocenters. The Morgan fingerprint density at radius 1 is 1.86 bits per heavy atom. The molecule has 0 unspecified atom stereocenters. The van der Waals surface area contributed by atoms with E-state index < -0.39 is 0 Å². The van der Waals surface area contributed by atoms with Gasteiger partial charge in [0.25, 0.3) is 0 Å². The summed E-state index contributed by atoms with van der Waals surface area (Å²) in [6.07, 6.45) is 2.99. The SMILES string of the molecule is On1cc[nH]c1=S. The molecule has 0 saturated heterocycles. The number of nitrogens with zero attached hydrogens (tertiary/aromatic N) is 1. The second kappa shape index (κ2) is 1.38. The average Bonchev–Trinajstić information content (AvgIpc) is 1.91. The summed E-state index contributed by atoms with van der Waals surface area (Å²) < 4.78 is 1.16. The second-order valence-electron chi connectivity index (χ2n) is 1.11. The lowest BCUT2D eigenvalue weighted by Crippen LogP contribution is -1.83. The lowest BCUT2D eigenvalue weighted by Gasteiger charge is -1.79. The first-order valence-electron chi connectivity index (χ1n) is 1.76. The summed E-state index contributed by atoms with van der Waals surface area (Å²) in [6, 6.07) is 0. The Kier molecular flexibility index (Phi) is 0.867. The van der Waals surface area contributed by atoms with Crippen molar-refractivity contribution in [2.24, 2.45) is 0 Å². The Morgan fingerprint density at radius 2 is 2.57 bits per heavy atom. The fourth-order valence-electron chi connectivity index (χ4n) is 0.313. The summed E-state index contributed by atoms with van der Waals surface area (Å²) in [4.78, 5) is 2.60. The van der Waals surface area contributed by atoms with Crippen molar-refractivity contribution < 1.29 is 5.21 Å². The van der Waals surface area contributed by atoms with E-state index in [1.807, 2.05) is 0 Å². The summed E-state index contributed by atoms with van der Waals surface area (Å²) in [7, 11) is 0. The molecule has 0 radical (unpaired) electrons. The maximum absolute atomic E-state index is 8.54. The molecule has 2 N–H and O–H groups in total. The second-order valence-corrected chi connectivity index (χ2v) is 1.50. The summed E-state index contributed by atoms with van der Waals surface area (Å²) in [5.41, 5.74) is 0. The van der Waals surface area contributed by atoms with Crippen molar-refractivity contribution in [2.45, 2.75) is 0 Å². The first kappa shape index (κ1) is 4.39. The molecule has 0 aliphatic heterocycles. The van der Waals surface area contributed by atoms with Crippen LogP contribution in [0.15, 0.2) is 12.4 Å². The van der Waals surface area contributed by atoms with Gasteiger partial charge in [-0.25, -0.2) is 0 Å². The predicted octanol–water partition coefficient (Wildman–Crippen LogP) is 0.783. The van der Waals surface area contributed by atoms with Gasteiger partial charge in [-0.15, -0.1) is 0 Å². The monoisotopic (exact) mass is 116 g/mol. The number of hydrogen-bond acceptors (Lipinski definition) is 2. The Morgan fingerprint density at radius 3 is 2.71 bits per heavy atom. The molecule has 0 fully saturated rings. The number of nitrogens with one attached hydrogen (secondary N) is 1. The molecule has 3 nitrogen and oxygen atoms in total. The van der Waals surface area contributed by atoms with Gasteiger partial charge in [0.15, 0.2) is 0 Å². The van der Waals surface area contributed by atoms with Crippen LogP contribution in [0, 0.1) is 4.77 Å². The fraction of sp³-hybridized carbons (Fsp3) is 0. The minimum Gasteiger partial charge on any atom is -0.426 e. The van der Waals surface area contributed by atoms with Gasteiger partial charge in [0, 0.05) is 6.20 Å². The van der Waals surface area contributed by atoms with Gasteiger partial charge >= 0.3 is 0 Å². The third-order valence-corrected chi connectivity index (χ3v) is 0.936. The Hall–Kier alpha value is -0.770. The molecule has 0 aliphatic carbocycles. The van der Waals surface area contributed by atoms with Crippen LogP contribution < -0.4 is 0 Å². The molecule has 1 aromatic heterocycles. The van der Waals surface area contributed by atoms with E-state index in [0.717, 1.165) is 4.73 Å². The van der Waals surface area contributed by atoms with Gasteiger partial charge in [-0.3, -0.25) is 0 Å². The number of aromatic nitrogens is 2. The van der Waals surface area contributed by atoms with Crippen molar-refractivity contribution in [1.29, 1.82) is 0 Å². The molecule has 0 aliphatic rings. The van der Waals surface area contributed by atoms with E-state index in [-0.39, 0.29) is 0 Å². The minimum atomic E-state index is 0.319. The van der Waals surface area contributed by atoms with E-state index in [2.05, 4.69) is 17.2 Å². The van der Waals surface area contributed by atoms with Crippen LogP contribution in [-0.2, 0) is 0 Å². The Labute approximate surface area is 45.2 Å². The van der Waals surface area contributed by atoms with Crippen molar-refractivity contribution in [3.8, 4) is 0 Å². The zero-order valence-electron chi connectivity index (χ0n) is 3.46. The number of rotatable bonds is 0. The van der Waals surface area contributed by atoms with E-state index in [1.165, 1.54) is 6.20 Å². The summed E-state index contributed by atoms with van der Waals surface area (Å²) in [6.45, 7) is 0. The quantitative estimate of drug-likeness (QED) is 0.388.